The third-order valence-electron chi connectivity index (χ3n) is 4.35. The SMILES string of the molecule is O=C(Cc1ccc2cc(COC(=O)NCCS(=O)(=O)O)cnc2c1)ON1C(=O)CCC1=O. The molecule has 0 saturated carbocycles. The molecule has 2 aromatic rings. The number of pyridine rings is 1. The average molecular weight is 465 g/mol. The number of rotatable bonds is 8. The fourth-order valence-corrected chi connectivity index (χ4v) is 3.20. The first-order valence-electron chi connectivity index (χ1n) is 9.40. The molecule has 13 heteroatoms. The third kappa shape index (κ3) is 6.46. The number of hydrogen-bond donors (Lipinski definition) is 2. The average Bonchev–Trinajstić information content (AvgIpc) is 3.03. The van der Waals surface area contributed by atoms with E-state index in [-0.39, 0.29) is 32.4 Å². The number of benzene rings is 1. The predicted octanol–water partition coefficient (Wildman–Crippen LogP) is 0.498. The minimum absolute atomic E-state index is 0.0181. The summed E-state index contributed by atoms with van der Waals surface area (Å²) in [4.78, 5) is 55.7. The Kier molecular flexibility index (Phi) is 7.00. The molecule has 1 aliphatic heterocycles. The van der Waals surface area contributed by atoms with Crippen LogP contribution in [0.1, 0.15) is 24.0 Å². The molecule has 3 rings (SSSR count). The highest BCUT2D eigenvalue weighted by Crippen LogP contribution is 2.18. The number of nitrogens with one attached hydrogen (secondary N) is 1. The zero-order valence-corrected chi connectivity index (χ0v) is 17.5. The van der Waals surface area contributed by atoms with Crippen LogP contribution in [0, 0.1) is 0 Å². The van der Waals surface area contributed by atoms with Gasteiger partial charge in [0.25, 0.3) is 21.9 Å². The Bertz CT molecular complexity index is 1160. The van der Waals surface area contributed by atoms with E-state index < -0.39 is 39.7 Å². The molecule has 1 fully saturated rings. The summed E-state index contributed by atoms with van der Waals surface area (Å²) in [5.74, 6) is -2.48. The minimum Gasteiger partial charge on any atom is -0.445 e. The van der Waals surface area contributed by atoms with Gasteiger partial charge in [-0.25, -0.2) is 9.59 Å². The largest absolute Gasteiger partial charge is 0.445 e. The fourth-order valence-electron chi connectivity index (χ4n) is 2.84. The number of amides is 3. The molecule has 0 radical (unpaired) electrons. The molecule has 1 aromatic heterocycles. The zero-order valence-electron chi connectivity index (χ0n) is 16.6. The second-order valence-electron chi connectivity index (χ2n) is 6.88. The number of ether oxygens (including phenoxy) is 1. The Balaban J connectivity index is 1.54. The molecular weight excluding hydrogens is 446 g/mol. The normalized spacial score (nSPS) is 14.0. The Labute approximate surface area is 182 Å². The summed E-state index contributed by atoms with van der Waals surface area (Å²) in [5, 5.41) is 3.39. The van der Waals surface area contributed by atoms with Crippen LogP contribution in [0.2, 0.25) is 0 Å². The summed E-state index contributed by atoms with van der Waals surface area (Å²) in [6, 6.07) is 6.73. The number of hydroxylamine groups is 2. The minimum atomic E-state index is -4.17. The highest BCUT2D eigenvalue weighted by molar-refractivity contribution is 7.85. The van der Waals surface area contributed by atoms with E-state index in [1.807, 2.05) is 0 Å². The first kappa shape index (κ1) is 23.1. The van der Waals surface area contributed by atoms with Crippen LogP contribution in [0.15, 0.2) is 30.5 Å². The van der Waals surface area contributed by atoms with Gasteiger partial charge in [0.15, 0.2) is 0 Å². The van der Waals surface area contributed by atoms with Crippen molar-refractivity contribution in [2.24, 2.45) is 0 Å². The van der Waals surface area contributed by atoms with Gasteiger partial charge in [-0.05, 0) is 17.7 Å². The molecule has 2 N–H and O–H groups in total. The molecule has 12 nitrogen and oxygen atoms in total. The summed E-state index contributed by atoms with van der Waals surface area (Å²) in [6.07, 6.45) is 0.493. The maximum absolute atomic E-state index is 12.0. The predicted molar refractivity (Wildman–Crippen MR) is 107 cm³/mol. The van der Waals surface area contributed by atoms with Gasteiger partial charge in [-0.15, -0.1) is 5.06 Å². The molecule has 0 unspecified atom stereocenters. The van der Waals surface area contributed by atoms with Gasteiger partial charge in [-0.2, -0.15) is 8.42 Å². The van der Waals surface area contributed by atoms with Crippen LogP contribution in [-0.4, -0.2) is 59.2 Å². The molecule has 1 saturated heterocycles. The fraction of sp³-hybridized carbons (Fsp3) is 0.316. The van der Waals surface area contributed by atoms with Gasteiger partial charge in [0.2, 0.25) is 0 Å². The van der Waals surface area contributed by atoms with E-state index in [1.54, 1.807) is 24.3 Å². The van der Waals surface area contributed by atoms with Gasteiger partial charge in [0.1, 0.15) is 6.61 Å². The van der Waals surface area contributed by atoms with Crippen LogP contribution >= 0.6 is 0 Å². The molecule has 0 aliphatic carbocycles. The quantitative estimate of drug-likeness (QED) is 0.413. The van der Waals surface area contributed by atoms with Gasteiger partial charge in [0.05, 0.1) is 17.7 Å². The number of fused-ring (bicyclic) bond motifs is 1. The Morgan fingerprint density at radius 3 is 2.53 bits per heavy atom. The molecule has 170 valence electrons. The van der Waals surface area contributed by atoms with Crippen molar-refractivity contribution in [3.05, 3.63) is 41.6 Å². The van der Waals surface area contributed by atoms with Crippen molar-refractivity contribution < 1.29 is 41.7 Å². The third-order valence-corrected chi connectivity index (χ3v) is 5.07. The van der Waals surface area contributed by atoms with Crippen LogP contribution in [0.25, 0.3) is 10.9 Å². The summed E-state index contributed by atoms with van der Waals surface area (Å²) in [6.45, 7) is -0.411. The highest BCUT2D eigenvalue weighted by Gasteiger charge is 2.32. The maximum atomic E-state index is 12.0. The number of aromatic nitrogens is 1. The Morgan fingerprint density at radius 2 is 1.84 bits per heavy atom. The van der Waals surface area contributed by atoms with Gasteiger partial charge < -0.3 is 14.9 Å². The van der Waals surface area contributed by atoms with E-state index in [1.165, 1.54) is 6.20 Å². The van der Waals surface area contributed by atoms with Crippen molar-refractivity contribution >= 4 is 44.9 Å². The molecule has 3 amide bonds. The number of nitrogens with zero attached hydrogens (tertiary/aromatic N) is 2. The smallest absolute Gasteiger partial charge is 0.407 e. The van der Waals surface area contributed by atoms with Crippen LogP contribution in [0.4, 0.5) is 4.79 Å². The van der Waals surface area contributed by atoms with Crippen molar-refractivity contribution in [2.75, 3.05) is 12.3 Å². The number of carbonyl (C=O) groups excluding carboxylic acids is 4. The second kappa shape index (κ2) is 9.70. The lowest BCUT2D eigenvalue weighted by molar-refractivity contribution is -0.197. The molecule has 0 spiro atoms. The number of imide groups is 1. The lowest BCUT2D eigenvalue weighted by Crippen LogP contribution is -2.32. The van der Waals surface area contributed by atoms with Crippen LogP contribution in [0.5, 0.6) is 0 Å². The van der Waals surface area contributed by atoms with E-state index >= 15 is 0 Å². The summed E-state index contributed by atoms with van der Waals surface area (Å²) < 4.78 is 34.8. The number of alkyl carbamates (subject to hydrolysis) is 1. The van der Waals surface area contributed by atoms with E-state index in [0.29, 0.717) is 27.1 Å². The van der Waals surface area contributed by atoms with E-state index in [2.05, 4.69) is 10.3 Å². The Hall–Kier alpha value is -3.58. The molecule has 32 heavy (non-hydrogen) atoms. The van der Waals surface area contributed by atoms with Gasteiger partial charge in [0, 0.05) is 36.5 Å². The molecule has 2 heterocycles. The summed E-state index contributed by atoms with van der Waals surface area (Å²) >= 11 is 0. The topological polar surface area (TPSA) is 169 Å². The molecule has 0 atom stereocenters. The van der Waals surface area contributed by atoms with Crippen LogP contribution in [-0.2, 0) is 47.1 Å². The van der Waals surface area contributed by atoms with Crippen LogP contribution in [0.3, 0.4) is 0 Å². The standard InChI is InChI=1S/C19H19N3O9S/c23-16-3-4-17(24)22(16)31-18(25)9-12-1-2-14-7-13(10-21-15(14)8-12)11-30-19(26)20-5-6-32(27,28)29/h1-2,7-8,10H,3-6,9,11H2,(H,20,26)(H,27,28,29). The van der Waals surface area contributed by atoms with Crippen molar-refractivity contribution in [3.63, 3.8) is 0 Å². The number of carbonyl (C=O) groups is 4. The zero-order chi connectivity index (χ0) is 23.3. The first-order valence-corrected chi connectivity index (χ1v) is 11.0. The first-order chi connectivity index (χ1) is 15.1. The second-order valence-corrected chi connectivity index (χ2v) is 8.45. The molecule has 1 aliphatic rings. The molecule has 1 aromatic carbocycles. The van der Waals surface area contributed by atoms with E-state index in [9.17, 15) is 27.6 Å². The Morgan fingerprint density at radius 1 is 1.12 bits per heavy atom. The highest BCUT2D eigenvalue weighted by atomic mass is 32.2. The lowest BCUT2D eigenvalue weighted by atomic mass is 10.1. The lowest BCUT2D eigenvalue weighted by Gasteiger charge is -2.12. The van der Waals surface area contributed by atoms with Gasteiger partial charge in [-0.1, -0.05) is 12.1 Å². The van der Waals surface area contributed by atoms with Crippen molar-refractivity contribution in [1.82, 2.24) is 15.4 Å². The molecule has 0 bridgehead atoms. The maximum Gasteiger partial charge on any atom is 0.407 e. The van der Waals surface area contributed by atoms with E-state index in [0.717, 1.165) is 0 Å². The summed E-state index contributed by atoms with van der Waals surface area (Å²) in [7, 11) is -4.17. The molecular formula is C19H19N3O9S. The monoisotopic (exact) mass is 465 g/mol. The van der Waals surface area contributed by atoms with Gasteiger partial charge in [-0.3, -0.25) is 19.1 Å². The summed E-state index contributed by atoms with van der Waals surface area (Å²) in [5.41, 5.74) is 1.70. The van der Waals surface area contributed by atoms with Gasteiger partial charge >= 0.3 is 12.1 Å². The van der Waals surface area contributed by atoms with Crippen molar-refractivity contribution in [2.45, 2.75) is 25.9 Å². The number of hydrogen-bond acceptors (Lipinski definition) is 9. The van der Waals surface area contributed by atoms with Crippen molar-refractivity contribution in [1.29, 1.82) is 0 Å². The van der Waals surface area contributed by atoms with Crippen LogP contribution < -0.4 is 5.32 Å². The van der Waals surface area contributed by atoms with E-state index in [4.69, 9.17) is 14.1 Å². The van der Waals surface area contributed by atoms with Crippen molar-refractivity contribution in [3.8, 4) is 0 Å².